The molecule has 0 unspecified atom stereocenters. The van der Waals surface area contributed by atoms with Gasteiger partial charge in [-0.1, -0.05) is 48.5 Å². The molecule has 1 heterocycles. The van der Waals surface area contributed by atoms with Gasteiger partial charge in [-0.2, -0.15) is 0 Å². The lowest BCUT2D eigenvalue weighted by molar-refractivity contribution is -0.676. The van der Waals surface area contributed by atoms with Gasteiger partial charge in [-0.15, -0.1) is 0 Å². The molecule has 3 N–H and O–H groups in total. The second-order valence-corrected chi connectivity index (χ2v) is 5.39. The number of hydrogen-bond acceptors (Lipinski definition) is 1. The van der Waals surface area contributed by atoms with Crippen LogP contribution in [-0.4, -0.2) is 22.3 Å². The van der Waals surface area contributed by atoms with E-state index in [9.17, 15) is 5.11 Å². The second kappa shape index (κ2) is 6.57. The van der Waals surface area contributed by atoms with Gasteiger partial charge in [0, 0.05) is 17.3 Å². The van der Waals surface area contributed by atoms with Crippen LogP contribution in [0, 0.1) is 0 Å². The van der Waals surface area contributed by atoms with Crippen molar-refractivity contribution in [1.29, 1.82) is 0 Å². The number of aliphatic hydroxyl groups is 1. The van der Waals surface area contributed by atoms with Gasteiger partial charge >= 0.3 is 0 Å². The van der Waals surface area contributed by atoms with Gasteiger partial charge in [-0.05, 0) is 17.5 Å². The molecule has 0 spiro atoms. The van der Waals surface area contributed by atoms with Gasteiger partial charge in [-0.25, -0.2) is 0 Å². The Morgan fingerprint density at radius 3 is 2.57 bits per heavy atom. The quantitative estimate of drug-likeness (QED) is 0.710. The van der Waals surface area contributed by atoms with E-state index in [-0.39, 0.29) is 6.10 Å². The van der Waals surface area contributed by atoms with Crippen molar-refractivity contribution < 1.29 is 10.4 Å². The molecule has 108 valence electrons. The number of quaternary nitrogens is 1. The fourth-order valence-corrected chi connectivity index (χ4v) is 2.66. The van der Waals surface area contributed by atoms with Crippen molar-refractivity contribution in [3.05, 3.63) is 72.4 Å². The van der Waals surface area contributed by atoms with Crippen LogP contribution in [0.25, 0.3) is 10.9 Å². The zero-order chi connectivity index (χ0) is 14.5. The third-order valence-electron chi connectivity index (χ3n) is 3.75. The van der Waals surface area contributed by atoms with Crippen LogP contribution in [0.5, 0.6) is 0 Å². The molecule has 0 fully saturated rings. The number of nitrogens with two attached hydrogens (primary N) is 1. The maximum Gasteiger partial charge on any atom is 0.121 e. The fourth-order valence-electron chi connectivity index (χ4n) is 2.66. The molecule has 0 radical (unpaired) electrons. The first-order valence-corrected chi connectivity index (χ1v) is 7.40. The Kier molecular flexibility index (Phi) is 4.34. The molecular formula is C18H21N2O+. The zero-order valence-corrected chi connectivity index (χ0v) is 12.0. The summed E-state index contributed by atoms with van der Waals surface area (Å²) in [5.41, 5.74) is 2.47. The van der Waals surface area contributed by atoms with E-state index in [1.165, 1.54) is 16.5 Å². The van der Waals surface area contributed by atoms with Gasteiger partial charge in [-0.3, -0.25) is 0 Å². The minimum Gasteiger partial charge on any atom is -0.385 e. The molecule has 1 atom stereocenters. The molecule has 0 saturated carbocycles. The van der Waals surface area contributed by atoms with E-state index in [0.29, 0.717) is 13.1 Å². The highest BCUT2D eigenvalue weighted by Crippen LogP contribution is 2.15. The SMILES string of the molecule is O[C@H](C[NH2+]Cc1ccccc1)Cn1ccc2ccccc21. The molecule has 2 aromatic carbocycles. The number of para-hydroxylation sites is 1. The summed E-state index contributed by atoms with van der Waals surface area (Å²) in [5, 5.41) is 13.6. The summed E-state index contributed by atoms with van der Waals surface area (Å²) < 4.78 is 2.12. The number of aromatic nitrogens is 1. The molecule has 3 heteroatoms. The lowest BCUT2D eigenvalue weighted by Gasteiger charge is -2.12. The average Bonchev–Trinajstić information content (AvgIpc) is 2.92. The minimum absolute atomic E-state index is 0.343. The van der Waals surface area contributed by atoms with E-state index in [1.807, 2.05) is 36.5 Å². The molecule has 0 aliphatic rings. The summed E-state index contributed by atoms with van der Waals surface area (Å²) in [7, 11) is 0. The highest BCUT2D eigenvalue weighted by Gasteiger charge is 2.09. The van der Waals surface area contributed by atoms with E-state index in [0.717, 1.165) is 6.54 Å². The topological polar surface area (TPSA) is 41.8 Å². The highest BCUT2D eigenvalue weighted by molar-refractivity contribution is 5.79. The summed E-state index contributed by atoms with van der Waals surface area (Å²) in [5.74, 6) is 0. The monoisotopic (exact) mass is 281 g/mol. The van der Waals surface area contributed by atoms with Crippen molar-refractivity contribution in [3.8, 4) is 0 Å². The van der Waals surface area contributed by atoms with Crippen LogP contribution in [0.4, 0.5) is 0 Å². The maximum absolute atomic E-state index is 10.2. The number of benzene rings is 2. The summed E-state index contributed by atoms with van der Waals surface area (Å²) in [4.78, 5) is 0. The Balaban J connectivity index is 1.53. The Morgan fingerprint density at radius 2 is 1.71 bits per heavy atom. The van der Waals surface area contributed by atoms with Crippen LogP contribution in [0.3, 0.4) is 0 Å². The first-order chi connectivity index (χ1) is 10.3. The van der Waals surface area contributed by atoms with Crippen LogP contribution < -0.4 is 5.32 Å². The Labute approximate surface area is 124 Å². The molecule has 0 aliphatic carbocycles. The Hall–Kier alpha value is -2.10. The predicted octanol–water partition coefficient (Wildman–Crippen LogP) is 1.77. The van der Waals surface area contributed by atoms with Crippen molar-refractivity contribution in [2.24, 2.45) is 0 Å². The van der Waals surface area contributed by atoms with Gasteiger partial charge in [0.2, 0.25) is 0 Å². The normalized spacial score (nSPS) is 12.6. The predicted molar refractivity (Wildman–Crippen MR) is 84.9 cm³/mol. The number of rotatable bonds is 6. The largest absolute Gasteiger partial charge is 0.385 e. The molecule has 0 saturated heterocycles. The summed E-state index contributed by atoms with van der Waals surface area (Å²) in [6, 6.07) is 20.7. The molecule has 3 nitrogen and oxygen atoms in total. The Morgan fingerprint density at radius 1 is 0.952 bits per heavy atom. The maximum atomic E-state index is 10.2. The van der Waals surface area contributed by atoms with Crippen molar-refractivity contribution in [2.45, 2.75) is 19.2 Å². The molecule has 0 aliphatic heterocycles. The zero-order valence-electron chi connectivity index (χ0n) is 12.0. The van der Waals surface area contributed by atoms with Gasteiger partial charge in [0.15, 0.2) is 0 Å². The first-order valence-electron chi connectivity index (χ1n) is 7.40. The van der Waals surface area contributed by atoms with Crippen molar-refractivity contribution in [2.75, 3.05) is 6.54 Å². The first kappa shape index (κ1) is 13.9. The van der Waals surface area contributed by atoms with Gasteiger partial charge < -0.3 is 15.0 Å². The molecule has 1 aromatic heterocycles. The number of fused-ring (bicyclic) bond motifs is 1. The standard InChI is InChI=1S/C18H20N2O/c21-17(13-19-12-15-6-2-1-3-7-15)14-20-11-10-16-8-4-5-9-18(16)20/h1-11,17,19,21H,12-14H2/p+1/t17-/m1/s1. The molecule has 3 aromatic rings. The van der Waals surface area contributed by atoms with Crippen LogP contribution in [0.15, 0.2) is 66.9 Å². The molecule has 3 rings (SSSR count). The number of hydrogen-bond donors (Lipinski definition) is 2. The van der Waals surface area contributed by atoms with E-state index in [4.69, 9.17) is 0 Å². The lowest BCUT2D eigenvalue weighted by Crippen LogP contribution is -2.85. The average molecular weight is 281 g/mol. The van der Waals surface area contributed by atoms with Gasteiger partial charge in [0.1, 0.15) is 19.2 Å². The Bertz CT molecular complexity index is 691. The van der Waals surface area contributed by atoms with E-state index in [1.54, 1.807) is 0 Å². The summed E-state index contributed by atoms with van der Waals surface area (Å²) >= 11 is 0. The fraction of sp³-hybridized carbons (Fsp3) is 0.222. The van der Waals surface area contributed by atoms with Crippen molar-refractivity contribution in [1.82, 2.24) is 4.57 Å². The van der Waals surface area contributed by atoms with Crippen LogP contribution >= 0.6 is 0 Å². The minimum atomic E-state index is -0.343. The third kappa shape index (κ3) is 3.51. The third-order valence-corrected chi connectivity index (χ3v) is 3.75. The summed E-state index contributed by atoms with van der Waals surface area (Å²) in [6.07, 6.45) is 1.70. The van der Waals surface area contributed by atoms with Crippen molar-refractivity contribution >= 4 is 10.9 Å². The number of nitrogens with zero attached hydrogens (tertiary/aromatic N) is 1. The smallest absolute Gasteiger partial charge is 0.121 e. The second-order valence-electron chi connectivity index (χ2n) is 5.39. The molecule has 21 heavy (non-hydrogen) atoms. The van der Waals surface area contributed by atoms with E-state index < -0.39 is 0 Å². The van der Waals surface area contributed by atoms with Gasteiger partial charge in [0.25, 0.3) is 0 Å². The van der Waals surface area contributed by atoms with Gasteiger partial charge in [0.05, 0.1) is 6.54 Å². The number of aliphatic hydroxyl groups excluding tert-OH is 1. The van der Waals surface area contributed by atoms with Crippen molar-refractivity contribution in [3.63, 3.8) is 0 Å². The van der Waals surface area contributed by atoms with E-state index in [2.05, 4.69) is 40.2 Å². The highest BCUT2D eigenvalue weighted by atomic mass is 16.3. The van der Waals surface area contributed by atoms with Crippen LogP contribution in [0.2, 0.25) is 0 Å². The molecule has 0 bridgehead atoms. The van der Waals surface area contributed by atoms with Crippen LogP contribution in [-0.2, 0) is 13.1 Å². The van der Waals surface area contributed by atoms with Crippen LogP contribution in [0.1, 0.15) is 5.56 Å². The molecule has 0 amide bonds. The summed E-state index contributed by atoms with van der Waals surface area (Å²) in [6.45, 7) is 2.25. The molecular weight excluding hydrogens is 260 g/mol. The lowest BCUT2D eigenvalue weighted by atomic mass is 10.2. The van der Waals surface area contributed by atoms with E-state index >= 15 is 0 Å².